The van der Waals surface area contributed by atoms with Crippen LogP contribution in [0.2, 0.25) is 0 Å². The van der Waals surface area contributed by atoms with Crippen molar-refractivity contribution in [1.82, 2.24) is 4.98 Å². The number of hydrogen-bond donors (Lipinski definition) is 1. The summed E-state index contributed by atoms with van der Waals surface area (Å²) in [6, 6.07) is 1.80. The molecule has 3 heteroatoms. The first-order valence-electron chi connectivity index (χ1n) is 4.84. The molecule has 0 aliphatic heterocycles. The summed E-state index contributed by atoms with van der Waals surface area (Å²) in [6.45, 7) is 3.89. The largest absolute Gasteiger partial charge is 0.327 e. The molecule has 0 fully saturated rings. The molecule has 76 valence electrons. The average Bonchev–Trinajstić information content (AvgIpc) is 2.18. The first kappa shape index (κ1) is 10.9. The van der Waals surface area contributed by atoms with E-state index in [0.717, 1.165) is 12.0 Å². The average molecular weight is 192 g/mol. The van der Waals surface area contributed by atoms with E-state index in [2.05, 4.69) is 4.98 Å². The molecule has 0 amide bonds. The van der Waals surface area contributed by atoms with Gasteiger partial charge in [-0.1, -0.05) is 6.92 Å². The Morgan fingerprint density at radius 3 is 2.93 bits per heavy atom. The van der Waals surface area contributed by atoms with Gasteiger partial charge >= 0.3 is 0 Å². The molecule has 14 heavy (non-hydrogen) atoms. The molecule has 0 aliphatic carbocycles. The zero-order valence-electron chi connectivity index (χ0n) is 8.66. The van der Waals surface area contributed by atoms with Crippen molar-refractivity contribution in [3.63, 3.8) is 0 Å². The summed E-state index contributed by atoms with van der Waals surface area (Å²) in [7, 11) is 0. The highest BCUT2D eigenvalue weighted by molar-refractivity contribution is 5.97. The predicted octanol–water partition coefficient (Wildman–Crippen LogP) is 1.70. The van der Waals surface area contributed by atoms with Crippen molar-refractivity contribution in [3.8, 4) is 0 Å². The molecule has 0 spiro atoms. The molecule has 3 nitrogen and oxygen atoms in total. The van der Waals surface area contributed by atoms with E-state index in [1.54, 1.807) is 12.4 Å². The van der Waals surface area contributed by atoms with Crippen molar-refractivity contribution in [1.29, 1.82) is 0 Å². The Bertz CT molecular complexity index is 323. The van der Waals surface area contributed by atoms with Gasteiger partial charge in [0.2, 0.25) is 0 Å². The van der Waals surface area contributed by atoms with E-state index >= 15 is 0 Å². The molecule has 1 heterocycles. The van der Waals surface area contributed by atoms with Gasteiger partial charge in [0.1, 0.15) is 0 Å². The van der Waals surface area contributed by atoms with E-state index in [1.165, 1.54) is 0 Å². The van der Waals surface area contributed by atoms with Gasteiger partial charge in [0.25, 0.3) is 0 Å². The Balaban J connectivity index is 2.75. The molecule has 0 aromatic carbocycles. The number of carbonyl (C=O) groups excluding carboxylic acids is 1. The lowest BCUT2D eigenvalue weighted by molar-refractivity contribution is 0.0973. The number of pyridine rings is 1. The van der Waals surface area contributed by atoms with Crippen LogP contribution in [-0.4, -0.2) is 16.8 Å². The van der Waals surface area contributed by atoms with Crippen LogP contribution in [0, 0.1) is 6.92 Å². The van der Waals surface area contributed by atoms with Crippen molar-refractivity contribution >= 4 is 5.78 Å². The van der Waals surface area contributed by atoms with E-state index in [0.29, 0.717) is 12.0 Å². The Kier molecular flexibility index (Phi) is 3.77. The van der Waals surface area contributed by atoms with Crippen LogP contribution < -0.4 is 5.73 Å². The maximum absolute atomic E-state index is 11.7. The number of carbonyl (C=O) groups is 1. The molecular formula is C11H16N2O. The number of nitrogens with zero attached hydrogens (tertiary/aromatic N) is 1. The molecule has 1 atom stereocenters. The smallest absolute Gasteiger partial charge is 0.166 e. The molecule has 0 bridgehead atoms. The minimum atomic E-state index is -0.0397. The van der Waals surface area contributed by atoms with Gasteiger partial charge in [-0.2, -0.15) is 0 Å². The summed E-state index contributed by atoms with van der Waals surface area (Å²) in [5.74, 6) is 0.0879. The normalized spacial score (nSPS) is 12.5. The Morgan fingerprint density at radius 1 is 1.64 bits per heavy atom. The van der Waals surface area contributed by atoms with E-state index < -0.39 is 0 Å². The topological polar surface area (TPSA) is 56.0 Å². The van der Waals surface area contributed by atoms with Gasteiger partial charge in [-0.3, -0.25) is 9.78 Å². The number of ketones is 1. The summed E-state index contributed by atoms with van der Waals surface area (Å²) in [5.41, 5.74) is 7.38. The highest BCUT2D eigenvalue weighted by atomic mass is 16.1. The van der Waals surface area contributed by atoms with Crippen LogP contribution in [0.15, 0.2) is 18.5 Å². The number of hydrogen-bond acceptors (Lipinski definition) is 3. The summed E-state index contributed by atoms with van der Waals surface area (Å²) in [4.78, 5) is 15.7. The number of aryl methyl sites for hydroxylation is 1. The number of Topliss-reactive ketones (excluding diaryl/α,β-unsaturated/α-hetero) is 1. The first-order chi connectivity index (χ1) is 6.65. The third-order valence-corrected chi connectivity index (χ3v) is 2.31. The molecule has 1 aromatic rings. The molecule has 0 aliphatic rings. The van der Waals surface area contributed by atoms with Crippen LogP contribution in [0.5, 0.6) is 0 Å². The lowest BCUT2D eigenvalue weighted by Crippen LogP contribution is -2.23. The Morgan fingerprint density at radius 2 is 2.36 bits per heavy atom. The fraction of sp³-hybridized carbons (Fsp3) is 0.455. The van der Waals surface area contributed by atoms with Gasteiger partial charge in [-0.15, -0.1) is 0 Å². The van der Waals surface area contributed by atoms with Crippen molar-refractivity contribution in [3.05, 3.63) is 29.6 Å². The third kappa shape index (κ3) is 2.64. The Labute approximate surface area is 84.3 Å². The summed E-state index contributed by atoms with van der Waals surface area (Å²) in [6.07, 6.45) is 4.53. The first-order valence-corrected chi connectivity index (χ1v) is 4.84. The van der Waals surface area contributed by atoms with Crippen LogP contribution in [0.3, 0.4) is 0 Å². The van der Waals surface area contributed by atoms with Gasteiger partial charge in [-0.05, 0) is 25.0 Å². The van der Waals surface area contributed by atoms with E-state index in [9.17, 15) is 4.79 Å². The summed E-state index contributed by atoms with van der Waals surface area (Å²) >= 11 is 0. The van der Waals surface area contributed by atoms with E-state index in [-0.39, 0.29) is 11.8 Å². The zero-order valence-corrected chi connectivity index (χ0v) is 8.66. The molecule has 1 aromatic heterocycles. The summed E-state index contributed by atoms with van der Waals surface area (Å²) < 4.78 is 0. The highest BCUT2D eigenvalue weighted by Gasteiger charge is 2.12. The third-order valence-electron chi connectivity index (χ3n) is 2.31. The Hall–Kier alpha value is -1.22. The monoisotopic (exact) mass is 192 g/mol. The fourth-order valence-electron chi connectivity index (χ4n) is 1.25. The van der Waals surface area contributed by atoms with Gasteiger partial charge in [0.15, 0.2) is 5.78 Å². The second-order valence-corrected chi connectivity index (χ2v) is 3.49. The summed E-state index contributed by atoms with van der Waals surface area (Å²) in [5, 5.41) is 0. The van der Waals surface area contributed by atoms with E-state index in [4.69, 9.17) is 5.73 Å². The van der Waals surface area contributed by atoms with Gasteiger partial charge < -0.3 is 5.73 Å². The van der Waals surface area contributed by atoms with Crippen molar-refractivity contribution < 1.29 is 4.79 Å². The van der Waals surface area contributed by atoms with Gasteiger partial charge in [0, 0.05) is 30.4 Å². The minimum Gasteiger partial charge on any atom is -0.327 e. The van der Waals surface area contributed by atoms with Crippen LogP contribution in [0.1, 0.15) is 35.7 Å². The van der Waals surface area contributed by atoms with Crippen molar-refractivity contribution in [2.45, 2.75) is 32.7 Å². The highest BCUT2D eigenvalue weighted by Crippen LogP contribution is 2.09. The molecule has 1 unspecified atom stereocenters. The minimum absolute atomic E-state index is 0.0397. The SMILES string of the molecule is CCC(N)CC(=O)c1cnccc1C. The number of rotatable bonds is 4. The second-order valence-electron chi connectivity index (χ2n) is 3.49. The fourth-order valence-corrected chi connectivity index (χ4v) is 1.25. The van der Waals surface area contributed by atoms with Crippen molar-refractivity contribution in [2.24, 2.45) is 5.73 Å². The van der Waals surface area contributed by atoms with E-state index in [1.807, 2.05) is 19.9 Å². The maximum atomic E-state index is 11.7. The van der Waals surface area contributed by atoms with Crippen LogP contribution in [0.4, 0.5) is 0 Å². The lowest BCUT2D eigenvalue weighted by atomic mass is 10.0. The molecule has 0 saturated heterocycles. The van der Waals surface area contributed by atoms with Gasteiger partial charge in [-0.25, -0.2) is 0 Å². The van der Waals surface area contributed by atoms with Crippen LogP contribution >= 0.6 is 0 Å². The van der Waals surface area contributed by atoms with Crippen molar-refractivity contribution in [2.75, 3.05) is 0 Å². The van der Waals surface area contributed by atoms with Gasteiger partial charge in [0.05, 0.1) is 0 Å². The van der Waals surface area contributed by atoms with Crippen LogP contribution in [0.25, 0.3) is 0 Å². The molecule has 2 N–H and O–H groups in total. The zero-order chi connectivity index (χ0) is 10.6. The lowest BCUT2D eigenvalue weighted by Gasteiger charge is -2.08. The quantitative estimate of drug-likeness (QED) is 0.739. The second kappa shape index (κ2) is 4.86. The number of nitrogens with two attached hydrogens (primary N) is 1. The standard InChI is InChI=1S/C11H16N2O/c1-3-9(12)6-11(14)10-7-13-5-4-8(10)2/h4-5,7,9H,3,6,12H2,1-2H3. The maximum Gasteiger partial charge on any atom is 0.166 e. The molecule has 0 saturated carbocycles. The molecule has 0 radical (unpaired) electrons. The molecular weight excluding hydrogens is 176 g/mol. The predicted molar refractivity (Wildman–Crippen MR) is 56.2 cm³/mol. The molecule has 1 rings (SSSR count). The number of aromatic nitrogens is 1. The van der Waals surface area contributed by atoms with Crippen LogP contribution in [-0.2, 0) is 0 Å².